The molecule has 0 saturated carbocycles. The first-order valence-electron chi connectivity index (χ1n) is 6.58. The van der Waals surface area contributed by atoms with Crippen LogP contribution in [0.25, 0.3) is 0 Å². The first-order chi connectivity index (χ1) is 9.10. The van der Waals surface area contributed by atoms with Crippen LogP contribution in [0.5, 0.6) is 0 Å². The minimum absolute atomic E-state index is 0.0582. The Morgan fingerprint density at radius 1 is 1.37 bits per heavy atom. The number of nitrogens with one attached hydrogen (secondary N) is 1. The molecule has 0 aromatic heterocycles. The second-order valence-electron chi connectivity index (χ2n) is 5.01. The molecule has 1 amide bonds. The van der Waals surface area contributed by atoms with Crippen molar-refractivity contribution in [2.45, 2.75) is 19.5 Å². The molecule has 0 radical (unpaired) electrons. The molecule has 1 aliphatic rings. The van der Waals surface area contributed by atoms with Gasteiger partial charge in [-0.25, -0.2) is 4.79 Å². The van der Waals surface area contributed by atoms with E-state index < -0.39 is 6.09 Å². The zero-order valence-corrected chi connectivity index (χ0v) is 11.5. The van der Waals surface area contributed by atoms with Crippen LogP contribution in [0.4, 0.5) is 10.5 Å². The molecule has 5 nitrogen and oxygen atoms in total. The zero-order chi connectivity index (χ0) is 13.8. The van der Waals surface area contributed by atoms with Gasteiger partial charge >= 0.3 is 6.09 Å². The normalized spacial score (nSPS) is 20.3. The van der Waals surface area contributed by atoms with E-state index in [1.165, 1.54) is 10.5 Å². The Bertz CT molecular complexity index is 433. The fraction of sp³-hybridized carbons (Fsp3) is 0.500. The van der Waals surface area contributed by atoms with Gasteiger partial charge in [-0.2, -0.15) is 0 Å². The van der Waals surface area contributed by atoms with Crippen LogP contribution in [-0.4, -0.2) is 53.7 Å². The lowest BCUT2D eigenvalue weighted by molar-refractivity contribution is 0.0711. The Balaban J connectivity index is 1.92. The lowest BCUT2D eigenvalue weighted by Crippen LogP contribution is -2.53. The molecule has 2 rings (SSSR count). The molecule has 19 heavy (non-hydrogen) atoms. The molecule has 2 N–H and O–H groups in total. The second-order valence-corrected chi connectivity index (χ2v) is 5.01. The summed E-state index contributed by atoms with van der Waals surface area (Å²) in [5, 5.41) is 12.1. The smallest absolute Gasteiger partial charge is 0.407 e. The number of piperazine rings is 1. The number of amides is 1. The monoisotopic (exact) mass is 263 g/mol. The zero-order valence-electron chi connectivity index (χ0n) is 11.5. The van der Waals surface area contributed by atoms with Crippen LogP contribution in [0.3, 0.4) is 0 Å². The van der Waals surface area contributed by atoms with E-state index in [0.717, 1.165) is 25.3 Å². The number of carboxylic acid groups (broad SMARTS) is 1. The molecule has 1 aliphatic heterocycles. The molecule has 0 bridgehead atoms. The molecule has 0 spiro atoms. The van der Waals surface area contributed by atoms with Crippen molar-refractivity contribution in [3.05, 3.63) is 29.8 Å². The van der Waals surface area contributed by atoms with Gasteiger partial charge in [0, 0.05) is 45.0 Å². The molecule has 1 atom stereocenters. The second kappa shape index (κ2) is 5.93. The van der Waals surface area contributed by atoms with Crippen LogP contribution in [0.1, 0.15) is 12.5 Å². The van der Waals surface area contributed by atoms with Crippen molar-refractivity contribution < 1.29 is 9.90 Å². The predicted molar refractivity (Wildman–Crippen MR) is 75.5 cm³/mol. The first-order valence-corrected chi connectivity index (χ1v) is 6.58. The largest absolute Gasteiger partial charge is 0.465 e. The molecule has 1 aromatic carbocycles. The fourth-order valence-electron chi connectivity index (χ4n) is 2.50. The van der Waals surface area contributed by atoms with Gasteiger partial charge in [0.2, 0.25) is 0 Å². The van der Waals surface area contributed by atoms with E-state index in [1.807, 2.05) is 14.0 Å². The molecule has 104 valence electrons. The minimum atomic E-state index is -0.814. The first kappa shape index (κ1) is 13.7. The molecule has 1 heterocycles. The van der Waals surface area contributed by atoms with E-state index in [-0.39, 0.29) is 6.04 Å². The maximum Gasteiger partial charge on any atom is 0.407 e. The third-order valence-corrected chi connectivity index (χ3v) is 3.61. The van der Waals surface area contributed by atoms with Gasteiger partial charge in [-0.3, -0.25) is 4.90 Å². The van der Waals surface area contributed by atoms with Crippen LogP contribution in [0.15, 0.2) is 24.3 Å². The van der Waals surface area contributed by atoms with E-state index in [4.69, 9.17) is 5.11 Å². The van der Waals surface area contributed by atoms with Gasteiger partial charge in [-0.05, 0) is 24.6 Å². The Morgan fingerprint density at radius 2 is 2.05 bits per heavy atom. The van der Waals surface area contributed by atoms with Gasteiger partial charge in [0.05, 0.1) is 0 Å². The number of hydrogen-bond donors (Lipinski definition) is 2. The molecule has 0 aliphatic carbocycles. The van der Waals surface area contributed by atoms with Gasteiger partial charge in [-0.15, -0.1) is 0 Å². The van der Waals surface area contributed by atoms with Gasteiger partial charge in [0.25, 0.3) is 0 Å². The summed E-state index contributed by atoms with van der Waals surface area (Å²) < 4.78 is 0. The van der Waals surface area contributed by atoms with Gasteiger partial charge in [0.1, 0.15) is 0 Å². The number of carbonyl (C=O) groups is 1. The number of nitrogens with zero attached hydrogens (tertiary/aromatic N) is 2. The lowest BCUT2D eigenvalue weighted by Gasteiger charge is -2.38. The summed E-state index contributed by atoms with van der Waals surface area (Å²) in [5.41, 5.74) is 2.36. The maximum absolute atomic E-state index is 11.0. The molecule has 0 unspecified atom stereocenters. The average Bonchev–Trinajstić information content (AvgIpc) is 2.39. The van der Waals surface area contributed by atoms with Gasteiger partial charge in [0.15, 0.2) is 0 Å². The van der Waals surface area contributed by atoms with E-state index in [2.05, 4.69) is 34.5 Å². The van der Waals surface area contributed by atoms with Gasteiger partial charge in [-0.1, -0.05) is 12.1 Å². The average molecular weight is 263 g/mol. The Hall–Kier alpha value is -1.75. The maximum atomic E-state index is 11.0. The van der Waals surface area contributed by atoms with Crippen molar-refractivity contribution in [1.82, 2.24) is 9.80 Å². The number of benzene rings is 1. The summed E-state index contributed by atoms with van der Waals surface area (Å²) in [4.78, 5) is 14.8. The Morgan fingerprint density at radius 3 is 2.58 bits per heavy atom. The highest BCUT2D eigenvalue weighted by Crippen LogP contribution is 2.15. The SMILES string of the molecule is CNc1ccc(CN2CCN(C(=O)O)[C@@H](C)C2)cc1. The highest BCUT2D eigenvalue weighted by atomic mass is 16.4. The molecule has 1 fully saturated rings. The number of anilines is 1. The van der Waals surface area contributed by atoms with Crippen LogP contribution < -0.4 is 5.32 Å². The minimum Gasteiger partial charge on any atom is -0.465 e. The van der Waals surface area contributed by atoms with E-state index in [1.54, 1.807) is 0 Å². The summed E-state index contributed by atoms with van der Waals surface area (Å²) >= 11 is 0. The van der Waals surface area contributed by atoms with Crippen molar-refractivity contribution in [2.24, 2.45) is 0 Å². The molecule has 5 heteroatoms. The topological polar surface area (TPSA) is 55.8 Å². The van der Waals surface area contributed by atoms with Crippen molar-refractivity contribution >= 4 is 11.8 Å². The summed E-state index contributed by atoms with van der Waals surface area (Å²) in [7, 11) is 1.90. The standard InChI is InChI=1S/C14H21N3O2/c1-11-9-16(7-8-17(11)14(18)19)10-12-3-5-13(15-2)6-4-12/h3-6,11,15H,7-10H2,1-2H3,(H,18,19)/t11-/m0/s1. The van der Waals surface area contributed by atoms with Crippen molar-refractivity contribution in [1.29, 1.82) is 0 Å². The molecule has 1 aromatic rings. The summed E-state index contributed by atoms with van der Waals surface area (Å²) in [6.07, 6.45) is -0.814. The van der Waals surface area contributed by atoms with Crippen LogP contribution in [0, 0.1) is 0 Å². The number of rotatable bonds is 3. The highest BCUT2D eigenvalue weighted by Gasteiger charge is 2.26. The van der Waals surface area contributed by atoms with Crippen molar-refractivity contribution in [3.63, 3.8) is 0 Å². The van der Waals surface area contributed by atoms with Crippen molar-refractivity contribution in [3.8, 4) is 0 Å². The van der Waals surface area contributed by atoms with Crippen molar-refractivity contribution in [2.75, 3.05) is 32.0 Å². The van der Waals surface area contributed by atoms with E-state index in [9.17, 15) is 4.79 Å². The van der Waals surface area contributed by atoms with Crippen LogP contribution in [-0.2, 0) is 6.54 Å². The van der Waals surface area contributed by atoms with Crippen LogP contribution in [0.2, 0.25) is 0 Å². The predicted octanol–water partition coefficient (Wildman–Crippen LogP) is 1.91. The molecular formula is C14H21N3O2. The Labute approximate surface area is 113 Å². The third-order valence-electron chi connectivity index (χ3n) is 3.61. The van der Waals surface area contributed by atoms with E-state index in [0.29, 0.717) is 6.54 Å². The summed E-state index contributed by atoms with van der Waals surface area (Å²) in [6, 6.07) is 8.40. The van der Waals surface area contributed by atoms with Crippen LogP contribution >= 0.6 is 0 Å². The summed E-state index contributed by atoms with van der Waals surface area (Å²) in [6.45, 7) is 5.02. The number of hydrogen-bond acceptors (Lipinski definition) is 3. The Kier molecular flexibility index (Phi) is 4.27. The van der Waals surface area contributed by atoms with E-state index >= 15 is 0 Å². The molecule has 1 saturated heterocycles. The van der Waals surface area contributed by atoms with Gasteiger partial charge < -0.3 is 15.3 Å². The molecular weight excluding hydrogens is 242 g/mol. The fourth-order valence-corrected chi connectivity index (χ4v) is 2.50. The quantitative estimate of drug-likeness (QED) is 0.874. The lowest BCUT2D eigenvalue weighted by atomic mass is 10.1. The third kappa shape index (κ3) is 3.38. The summed E-state index contributed by atoms with van der Waals surface area (Å²) in [5.74, 6) is 0. The highest BCUT2D eigenvalue weighted by molar-refractivity contribution is 5.65.